The van der Waals surface area contributed by atoms with E-state index in [1.54, 1.807) is 24.3 Å². The molecule has 1 fully saturated rings. The molecule has 0 bridgehead atoms. The average molecular weight is 332 g/mol. The molecule has 0 heterocycles. The predicted molar refractivity (Wildman–Crippen MR) is 82.3 cm³/mol. The number of benzene rings is 1. The Hall–Kier alpha value is -1.27. The highest BCUT2D eigenvalue weighted by atomic mass is 35.5. The lowest BCUT2D eigenvalue weighted by molar-refractivity contribution is -0.145. The Morgan fingerprint density at radius 1 is 1.38 bits per heavy atom. The number of sulfone groups is 1. The highest BCUT2D eigenvalue weighted by Gasteiger charge is 2.54. The van der Waals surface area contributed by atoms with Gasteiger partial charge >= 0.3 is 5.97 Å². The number of halogens is 1. The van der Waals surface area contributed by atoms with Crippen LogP contribution in [0.4, 0.5) is 5.69 Å². The van der Waals surface area contributed by atoms with Gasteiger partial charge in [-0.15, -0.1) is 0 Å². The van der Waals surface area contributed by atoms with Crippen molar-refractivity contribution in [2.45, 2.75) is 30.1 Å². The number of hydrogen-bond acceptors (Lipinski definition) is 5. The molecule has 7 heteroatoms. The van der Waals surface area contributed by atoms with Crippen molar-refractivity contribution in [3.05, 3.63) is 29.3 Å². The van der Waals surface area contributed by atoms with Crippen LogP contribution in [0, 0.1) is 0 Å². The van der Waals surface area contributed by atoms with Crippen LogP contribution in [-0.2, 0) is 19.4 Å². The first kappa shape index (κ1) is 16.1. The van der Waals surface area contributed by atoms with E-state index < -0.39 is 26.6 Å². The van der Waals surface area contributed by atoms with Gasteiger partial charge in [0.05, 0.1) is 12.4 Å². The predicted octanol–water partition coefficient (Wildman–Crippen LogP) is 2.26. The number of esters is 1. The van der Waals surface area contributed by atoms with Crippen molar-refractivity contribution in [3.8, 4) is 0 Å². The second kappa shape index (κ2) is 5.85. The van der Waals surface area contributed by atoms with Crippen LogP contribution in [-0.4, -0.2) is 38.5 Å². The number of carbonyl (C=O) groups excluding carboxylic acids is 1. The lowest BCUT2D eigenvalue weighted by Crippen LogP contribution is -2.55. The molecule has 0 amide bonds. The molecule has 1 N–H and O–H groups in total. The zero-order chi connectivity index (χ0) is 15.7. The summed E-state index contributed by atoms with van der Waals surface area (Å²) in [4.78, 5) is 12.3. The number of methoxy groups -OCH3 is 1. The van der Waals surface area contributed by atoms with E-state index in [-0.39, 0.29) is 0 Å². The van der Waals surface area contributed by atoms with E-state index in [2.05, 4.69) is 5.32 Å². The molecule has 1 aliphatic rings. The Balaban J connectivity index is 2.42. The Morgan fingerprint density at radius 2 is 2.00 bits per heavy atom. The van der Waals surface area contributed by atoms with Crippen LogP contribution < -0.4 is 5.32 Å². The van der Waals surface area contributed by atoms with Gasteiger partial charge in [-0.05, 0) is 43.5 Å². The monoisotopic (exact) mass is 331 g/mol. The van der Waals surface area contributed by atoms with Crippen LogP contribution >= 0.6 is 11.6 Å². The third-order valence-corrected chi connectivity index (χ3v) is 5.79. The van der Waals surface area contributed by atoms with E-state index >= 15 is 0 Å². The summed E-state index contributed by atoms with van der Waals surface area (Å²) in [6, 6.07) is 6.79. The van der Waals surface area contributed by atoms with Crippen molar-refractivity contribution in [1.29, 1.82) is 0 Å². The van der Waals surface area contributed by atoms with Crippen LogP contribution in [0.25, 0.3) is 0 Å². The quantitative estimate of drug-likeness (QED) is 0.857. The first-order chi connectivity index (χ1) is 9.79. The third-order valence-electron chi connectivity index (χ3n) is 3.87. The Kier molecular flexibility index (Phi) is 4.49. The summed E-state index contributed by atoms with van der Waals surface area (Å²) in [6.45, 7) is 0. The van der Waals surface area contributed by atoms with Gasteiger partial charge in [-0.2, -0.15) is 0 Å². The fourth-order valence-electron chi connectivity index (χ4n) is 2.95. The lowest BCUT2D eigenvalue weighted by Gasteiger charge is -2.33. The van der Waals surface area contributed by atoms with Crippen molar-refractivity contribution in [2.75, 3.05) is 18.7 Å². The van der Waals surface area contributed by atoms with Crippen LogP contribution in [0.1, 0.15) is 19.3 Å². The topological polar surface area (TPSA) is 72.5 Å². The van der Waals surface area contributed by atoms with Crippen molar-refractivity contribution >= 4 is 33.1 Å². The van der Waals surface area contributed by atoms with Gasteiger partial charge in [-0.3, -0.25) is 0 Å². The smallest absolute Gasteiger partial charge is 0.332 e. The van der Waals surface area contributed by atoms with Gasteiger partial charge in [0.25, 0.3) is 0 Å². The van der Waals surface area contributed by atoms with Gasteiger partial charge < -0.3 is 10.1 Å². The molecule has 116 valence electrons. The minimum Gasteiger partial charge on any atom is -0.467 e. The van der Waals surface area contributed by atoms with Gasteiger partial charge in [-0.25, -0.2) is 13.2 Å². The van der Waals surface area contributed by atoms with Crippen molar-refractivity contribution in [3.63, 3.8) is 0 Å². The molecule has 0 radical (unpaired) electrons. The summed E-state index contributed by atoms with van der Waals surface area (Å²) in [5, 5.41) is 2.85. The largest absolute Gasteiger partial charge is 0.467 e. The molecule has 1 saturated carbocycles. The zero-order valence-corrected chi connectivity index (χ0v) is 13.5. The molecule has 21 heavy (non-hydrogen) atoms. The van der Waals surface area contributed by atoms with Crippen LogP contribution in [0.15, 0.2) is 24.3 Å². The van der Waals surface area contributed by atoms with Gasteiger partial charge in [0.15, 0.2) is 15.4 Å². The Labute approximate surface area is 129 Å². The first-order valence-corrected chi connectivity index (χ1v) is 8.94. The Bertz CT molecular complexity index is 629. The minimum atomic E-state index is -3.38. The maximum atomic E-state index is 12.3. The standard InChI is InChI=1S/C14H18ClNO4S/c1-20-13(17)14(9-3-4-12(14)21(2,18)19)16-11-7-5-10(15)6-8-11/h5-8,12,16H,3-4,9H2,1-2H3. The Morgan fingerprint density at radius 3 is 2.52 bits per heavy atom. The molecule has 0 aromatic heterocycles. The van der Waals surface area contributed by atoms with Crippen LogP contribution in [0.2, 0.25) is 5.02 Å². The summed E-state index contributed by atoms with van der Waals surface area (Å²) >= 11 is 5.84. The number of nitrogens with one attached hydrogen (secondary N) is 1. The van der Waals surface area contributed by atoms with Crippen LogP contribution in [0.3, 0.4) is 0 Å². The molecule has 2 atom stereocenters. The normalized spacial score (nSPS) is 25.6. The molecule has 5 nitrogen and oxygen atoms in total. The summed E-state index contributed by atoms with van der Waals surface area (Å²) < 4.78 is 29.0. The zero-order valence-electron chi connectivity index (χ0n) is 11.9. The summed E-state index contributed by atoms with van der Waals surface area (Å²) in [7, 11) is -2.11. The summed E-state index contributed by atoms with van der Waals surface area (Å²) in [5.74, 6) is -0.551. The number of hydrogen-bond donors (Lipinski definition) is 1. The maximum absolute atomic E-state index is 12.3. The third kappa shape index (κ3) is 3.16. The fraction of sp³-hybridized carbons (Fsp3) is 0.500. The molecule has 0 spiro atoms. The van der Waals surface area contributed by atoms with Gasteiger partial charge in [0.2, 0.25) is 0 Å². The van der Waals surface area contributed by atoms with Crippen LogP contribution in [0.5, 0.6) is 0 Å². The second-order valence-corrected chi connectivity index (χ2v) is 7.97. The summed E-state index contributed by atoms with van der Waals surface area (Å²) in [5.41, 5.74) is -0.601. The van der Waals surface area contributed by atoms with E-state index in [1.165, 1.54) is 7.11 Å². The maximum Gasteiger partial charge on any atom is 0.332 e. The molecule has 0 saturated heterocycles. The van der Waals surface area contributed by atoms with E-state index in [0.29, 0.717) is 30.0 Å². The molecular weight excluding hydrogens is 314 g/mol. The number of rotatable bonds is 4. The molecule has 0 aliphatic heterocycles. The second-order valence-electron chi connectivity index (χ2n) is 5.31. The van der Waals surface area contributed by atoms with Crippen molar-refractivity contribution in [2.24, 2.45) is 0 Å². The van der Waals surface area contributed by atoms with E-state index in [9.17, 15) is 13.2 Å². The van der Waals surface area contributed by atoms with Gasteiger partial charge in [0.1, 0.15) is 0 Å². The molecule has 1 aliphatic carbocycles. The lowest BCUT2D eigenvalue weighted by atomic mass is 9.96. The van der Waals surface area contributed by atoms with E-state index in [0.717, 1.165) is 6.26 Å². The van der Waals surface area contributed by atoms with Gasteiger partial charge in [-0.1, -0.05) is 11.6 Å². The number of ether oxygens (including phenoxy) is 1. The van der Waals surface area contributed by atoms with Gasteiger partial charge in [0, 0.05) is 17.0 Å². The van der Waals surface area contributed by atoms with Crippen molar-refractivity contribution in [1.82, 2.24) is 0 Å². The average Bonchev–Trinajstić information content (AvgIpc) is 2.85. The molecular formula is C14H18ClNO4S. The SMILES string of the molecule is COC(=O)C1(Nc2ccc(Cl)cc2)CCCC1S(C)(=O)=O. The highest BCUT2D eigenvalue weighted by molar-refractivity contribution is 7.91. The fourth-order valence-corrected chi connectivity index (χ4v) is 4.68. The minimum absolute atomic E-state index is 0.417. The molecule has 2 rings (SSSR count). The number of anilines is 1. The summed E-state index contributed by atoms with van der Waals surface area (Å²) in [6.07, 6.45) is 2.66. The molecule has 1 aromatic rings. The number of carbonyl (C=O) groups is 1. The van der Waals surface area contributed by atoms with E-state index in [4.69, 9.17) is 16.3 Å². The molecule has 2 unspecified atom stereocenters. The first-order valence-electron chi connectivity index (χ1n) is 6.60. The highest BCUT2D eigenvalue weighted by Crippen LogP contribution is 2.38. The molecule has 1 aromatic carbocycles. The van der Waals surface area contributed by atoms with Crippen molar-refractivity contribution < 1.29 is 17.9 Å². The van der Waals surface area contributed by atoms with E-state index in [1.807, 2.05) is 0 Å².